The number of carbonyl (C=O) groups is 1. The van der Waals surface area contributed by atoms with E-state index in [4.69, 9.17) is 11.5 Å². The van der Waals surface area contributed by atoms with Gasteiger partial charge in [0, 0.05) is 0 Å². The van der Waals surface area contributed by atoms with Crippen LogP contribution in [0.5, 0.6) is 0 Å². The number of hydrogen-bond donors (Lipinski definition) is 2. The van der Waals surface area contributed by atoms with E-state index in [1.807, 2.05) is 4.68 Å². The molecule has 5 nitrogen and oxygen atoms in total. The minimum absolute atomic E-state index is 0.269. The van der Waals surface area contributed by atoms with Crippen LogP contribution in [0.3, 0.4) is 0 Å². The summed E-state index contributed by atoms with van der Waals surface area (Å²) in [5, 5.41) is 4.63. The third kappa shape index (κ3) is 4.75. The Hall–Kier alpha value is -1.52. The van der Waals surface area contributed by atoms with Crippen molar-refractivity contribution < 1.29 is 4.79 Å². The Morgan fingerprint density at radius 1 is 1.09 bits per heavy atom. The molecule has 0 fully saturated rings. The smallest absolute Gasteiger partial charge is 0.254 e. The summed E-state index contributed by atoms with van der Waals surface area (Å²) >= 11 is 0. The van der Waals surface area contributed by atoms with Crippen LogP contribution < -0.4 is 11.5 Å². The van der Waals surface area contributed by atoms with Crippen LogP contribution in [0.15, 0.2) is 0 Å². The summed E-state index contributed by atoms with van der Waals surface area (Å²) in [6.45, 7) is 6.44. The minimum atomic E-state index is -0.464. The number of primary amides is 1. The molecule has 1 heterocycles. The van der Waals surface area contributed by atoms with Gasteiger partial charge >= 0.3 is 0 Å². The van der Waals surface area contributed by atoms with Crippen molar-refractivity contribution >= 4 is 11.7 Å². The number of unbranched alkanes of at least 4 members (excludes halogenated alkanes) is 3. The van der Waals surface area contributed by atoms with Gasteiger partial charge in [0.05, 0.1) is 11.7 Å². The van der Waals surface area contributed by atoms with Crippen LogP contribution in [0, 0.1) is 0 Å². The summed E-state index contributed by atoms with van der Waals surface area (Å²) in [6.07, 6.45) is 9.74. The fraction of sp³-hybridized carbons (Fsp3) is 0.765. The van der Waals surface area contributed by atoms with Gasteiger partial charge in [0.15, 0.2) is 0 Å². The zero-order valence-corrected chi connectivity index (χ0v) is 14.4. The Bertz CT molecular complexity index is 467. The summed E-state index contributed by atoms with van der Waals surface area (Å²) in [4.78, 5) is 11.7. The number of hydrogen-bond acceptors (Lipinski definition) is 3. The number of nitrogens with two attached hydrogens (primary N) is 2. The second-order valence-corrected chi connectivity index (χ2v) is 6.06. The normalized spacial score (nSPS) is 12.5. The summed E-state index contributed by atoms with van der Waals surface area (Å²) in [5.41, 5.74) is 12.9. The highest BCUT2D eigenvalue weighted by Gasteiger charge is 2.23. The molecular weight excluding hydrogens is 276 g/mol. The van der Waals surface area contributed by atoms with Gasteiger partial charge in [-0.05, 0) is 19.3 Å². The lowest BCUT2D eigenvalue weighted by molar-refractivity contribution is 0.1000. The summed E-state index contributed by atoms with van der Waals surface area (Å²) < 4.78 is 1.86. The summed E-state index contributed by atoms with van der Waals surface area (Å²) in [6, 6.07) is 0.269. The molecule has 0 aromatic carbocycles. The Labute approximate surface area is 134 Å². The van der Waals surface area contributed by atoms with E-state index in [1.54, 1.807) is 0 Å². The number of aryl methyl sites for hydroxylation is 1. The number of nitrogen functional groups attached to an aromatic ring is 1. The van der Waals surface area contributed by atoms with Crippen LogP contribution in [-0.4, -0.2) is 15.7 Å². The van der Waals surface area contributed by atoms with E-state index in [0.29, 0.717) is 11.4 Å². The molecule has 0 aliphatic rings. The number of anilines is 1. The van der Waals surface area contributed by atoms with Gasteiger partial charge in [-0.15, -0.1) is 0 Å². The molecule has 0 aliphatic heterocycles. The van der Waals surface area contributed by atoms with Gasteiger partial charge in [0.25, 0.3) is 5.91 Å². The average molecular weight is 308 g/mol. The number of aromatic nitrogens is 2. The lowest BCUT2D eigenvalue weighted by Gasteiger charge is -2.18. The van der Waals surface area contributed by atoms with E-state index in [2.05, 4.69) is 25.9 Å². The van der Waals surface area contributed by atoms with Crippen molar-refractivity contribution in [3.8, 4) is 0 Å². The first-order valence-electron chi connectivity index (χ1n) is 8.73. The highest BCUT2D eigenvalue weighted by Crippen LogP contribution is 2.28. The highest BCUT2D eigenvalue weighted by molar-refractivity contribution is 5.98. The Kier molecular flexibility index (Phi) is 7.99. The maximum absolute atomic E-state index is 11.7. The molecule has 4 N–H and O–H groups in total. The molecule has 0 saturated heterocycles. The molecular formula is C17H32N4O. The zero-order chi connectivity index (χ0) is 16.5. The van der Waals surface area contributed by atoms with Crippen LogP contribution in [0.1, 0.15) is 94.2 Å². The molecule has 1 unspecified atom stereocenters. The number of rotatable bonds is 11. The van der Waals surface area contributed by atoms with Crippen molar-refractivity contribution in [2.45, 2.75) is 84.6 Å². The molecule has 0 spiro atoms. The SMILES string of the molecule is CCCCCCC(CCC)n1nc(CCC)c(C(N)=O)c1N. The van der Waals surface area contributed by atoms with E-state index in [1.165, 1.54) is 25.7 Å². The van der Waals surface area contributed by atoms with E-state index < -0.39 is 5.91 Å². The van der Waals surface area contributed by atoms with E-state index in [-0.39, 0.29) is 6.04 Å². The quantitative estimate of drug-likeness (QED) is 0.609. The van der Waals surface area contributed by atoms with Crippen LogP contribution in [0.2, 0.25) is 0 Å². The predicted molar refractivity (Wildman–Crippen MR) is 91.9 cm³/mol. The van der Waals surface area contributed by atoms with Gasteiger partial charge in [-0.25, -0.2) is 4.68 Å². The summed E-state index contributed by atoms with van der Waals surface area (Å²) in [7, 11) is 0. The molecule has 22 heavy (non-hydrogen) atoms. The molecule has 126 valence electrons. The number of amides is 1. The van der Waals surface area contributed by atoms with Crippen molar-refractivity contribution in [1.82, 2.24) is 9.78 Å². The first-order valence-corrected chi connectivity index (χ1v) is 8.73. The molecule has 1 atom stereocenters. The Morgan fingerprint density at radius 2 is 1.82 bits per heavy atom. The molecule has 1 amide bonds. The Morgan fingerprint density at radius 3 is 2.36 bits per heavy atom. The van der Waals surface area contributed by atoms with Crippen molar-refractivity contribution in [3.63, 3.8) is 0 Å². The predicted octanol–water partition coefficient (Wildman–Crippen LogP) is 3.83. The van der Waals surface area contributed by atoms with Crippen molar-refractivity contribution in [2.24, 2.45) is 5.73 Å². The third-order valence-corrected chi connectivity index (χ3v) is 4.11. The van der Waals surface area contributed by atoms with Gasteiger partial charge in [-0.3, -0.25) is 4.79 Å². The minimum Gasteiger partial charge on any atom is -0.383 e. The first kappa shape index (κ1) is 18.5. The van der Waals surface area contributed by atoms with Gasteiger partial charge in [-0.1, -0.05) is 59.3 Å². The molecule has 0 saturated carbocycles. The van der Waals surface area contributed by atoms with Crippen LogP contribution >= 0.6 is 0 Å². The maximum Gasteiger partial charge on any atom is 0.254 e. The van der Waals surface area contributed by atoms with Crippen molar-refractivity contribution in [3.05, 3.63) is 11.3 Å². The topological polar surface area (TPSA) is 86.9 Å². The Balaban J connectivity index is 2.97. The van der Waals surface area contributed by atoms with Crippen LogP contribution in [0.25, 0.3) is 0 Å². The van der Waals surface area contributed by atoms with Gasteiger partial charge in [0.2, 0.25) is 0 Å². The molecule has 0 bridgehead atoms. The lowest BCUT2D eigenvalue weighted by Crippen LogP contribution is -2.17. The fourth-order valence-electron chi connectivity index (χ4n) is 2.98. The molecule has 1 aromatic heterocycles. The van der Waals surface area contributed by atoms with Crippen molar-refractivity contribution in [1.29, 1.82) is 0 Å². The number of nitrogens with zero attached hydrogens (tertiary/aromatic N) is 2. The standard InChI is InChI=1S/C17H32N4O/c1-4-7-8-9-12-13(10-5-2)21-16(18)15(17(19)22)14(20-21)11-6-3/h13H,4-12,18H2,1-3H3,(H2,19,22). The zero-order valence-electron chi connectivity index (χ0n) is 14.4. The average Bonchev–Trinajstić information content (AvgIpc) is 2.79. The van der Waals surface area contributed by atoms with Gasteiger partial charge < -0.3 is 11.5 Å². The van der Waals surface area contributed by atoms with Crippen LogP contribution in [-0.2, 0) is 6.42 Å². The largest absolute Gasteiger partial charge is 0.383 e. The first-order chi connectivity index (χ1) is 10.6. The van der Waals surface area contributed by atoms with E-state index in [0.717, 1.165) is 37.8 Å². The summed E-state index contributed by atoms with van der Waals surface area (Å²) in [5.74, 6) is -0.0154. The second kappa shape index (κ2) is 9.49. The highest BCUT2D eigenvalue weighted by atomic mass is 16.1. The fourth-order valence-corrected chi connectivity index (χ4v) is 2.98. The molecule has 1 rings (SSSR count). The molecule has 5 heteroatoms. The van der Waals surface area contributed by atoms with Crippen molar-refractivity contribution in [2.75, 3.05) is 5.73 Å². The molecule has 1 aromatic rings. The molecule has 0 radical (unpaired) electrons. The lowest BCUT2D eigenvalue weighted by atomic mass is 10.0. The van der Waals surface area contributed by atoms with Gasteiger partial charge in [-0.2, -0.15) is 5.10 Å². The maximum atomic E-state index is 11.7. The van der Waals surface area contributed by atoms with E-state index in [9.17, 15) is 4.79 Å². The van der Waals surface area contributed by atoms with Crippen LogP contribution in [0.4, 0.5) is 5.82 Å². The van der Waals surface area contributed by atoms with Gasteiger partial charge in [0.1, 0.15) is 11.4 Å². The third-order valence-electron chi connectivity index (χ3n) is 4.11. The number of carbonyl (C=O) groups excluding carboxylic acids is 1. The molecule has 0 aliphatic carbocycles. The van der Waals surface area contributed by atoms with E-state index >= 15 is 0 Å². The second-order valence-electron chi connectivity index (χ2n) is 6.06. The monoisotopic (exact) mass is 308 g/mol.